The fraction of sp³-hybridized carbons (Fsp3) is 0.706. The molecule has 2 heterocycles. The second kappa shape index (κ2) is 7.62. The van der Waals surface area contributed by atoms with Gasteiger partial charge in [0, 0.05) is 25.5 Å². The van der Waals surface area contributed by atoms with Gasteiger partial charge >= 0.3 is 6.09 Å². The Hall–Kier alpha value is -1.85. The lowest BCUT2D eigenvalue weighted by atomic mass is 9.95. The molecule has 1 saturated heterocycles. The fourth-order valence-electron chi connectivity index (χ4n) is 2.65. The Morgan fingerprint density at radius 1 is 1.35 bits per heavy atom. The number of aryl methyl sites for hydroxylation is 1. The van der Waals surface area contributed by atoms with Crippen LogP contribution in [0.5, 0.6) is 5.88 Å². The average Bonchev–Trinajstić information content (AvgIpc) is 2.48. The summed E-state index contributed by atoms with van der Waals surface area (Å²) in [6, 6.07) is 0. The van der Waals surface area contributed by atoms with Crippen molar-refractivity contribution in [3.8, 4) is 5.88 Å². The molecule has 0 aromatic carbocycles. The van der Waals surface area contributed by atoms with Crippen molar-refractivity contribution in [3.05, 3.63) is 18.1 Å². The Bertz CT molecular complexity index is 528. The Balaban J connectivity index is 1.78. The van der Waals surface area contributed by atoms with E-state index in [1.807, 2.05) is 32.6 Å². The monoisotopic (exact) mass is 321 g/mol. The van der Waals surface area contributed by atoms with Crippen molar-refractivity contribution >= 4 is 6.09 Å². The Morgan fingerprint density at radius 3 is 2.78 bits per heavy atom. The minimum absolute atomic E-state index is 0.215. The highest BCUT2D eigenvalue weighted by Crippen LogP contribution is 2.22. The molecular weight excluding hydrogens is 294 g/mol. The molecule has 1 aromatic heterocycles. The van der Waals surface area contributed by atoms with Gasteiger partial charge in [-0.25, -0.2) is 9.78 Å². The summed E-state index contributed by atoms with van der Waals surface area (Å²) in [5, 5.41) is 0. The summed E-state index contributed by atoms with van der Waals surface area (Å²) >= 11 is 0. The predicted molar refractivity (Wildman–Crippen MR) is 87.4 cm³/mol. The van der Waals surface area contributed by atoms with Crippen LogP contribution in [0.1, 0.15) is 45.7 Å². The number of rotatable bonds is 4. The summed E-state index contributed by atoms with van der Waals surface area (Å²) in [6.07, 6.45) is 6.09. The zero-order valence-electron chi connectivity index (χ0n) is 14.5. The molecule has 0 spiro atoms. The molecule has 0 unspecified atom stereocenters. The number of piperidine rings is 1. The summed E-state index contributed by atoms with van der Waals surface area (Å²) in [6.45, 7) is 9.66. The van der Waals surface area contributed by atoms with Crippen LogP contribution < -0.4 is 4.74 Å². The molecular formula is C17H27N3O3. The largest absolute Gasteiger partial charge is 0.476 e. The normalized spacial score (nSPS) is 18.6. The van der Waals surface area contributed by atoms with Gasteiger partial charge in [0.15, 0.2) is 0 Å². The zero-order valence-corrected chi connectivity index (χ0v) is 14.5. The van der Waals surface area contributed by atoms with Gasteiger partial charge in [0.25, 0.3) is 0 Å². The molecule has 1 aliphatic rings. The molecule has 0 aliphatic carbocycles. The van der Waals surface area contributed by atoms with Crippen molar-refractivity contribution in [2.24, 2.45) is 5.92 Å². The first-order chi connectivity index (χ1) is 10.8. The van der Waals surface area contributed by atoms with Crippen LogP contribution in [0, 0.1) is 12.8 Å². The van der Waals surface area contributed by atoms with Gasteiger partial charge in [-0.05, 0) is 52.9 Å². The van der Waals surface area contributed by atoms with Crippen molar-refractivity contribution < 1.29 is 14.3 Å². The number of amides is 1. The summed E-state index contributed by atoms with van der Waals surface area (Å²) in [7, 11) is 0. The molecule has 0 saturated carbocycles. The number of carbonyl (C=O) groups is 1. The van der Waals surface area contributed by atoms with Crippen LogP contribution in [0.3, 0.4) is 0 Å². The van der Waals surface area contributed by atoms with Crippen molar-refractivity contribution in [1.82, 2.24) is 14.9 Å². The van der Waals surface area contributed by atoms with E-state index in [1.54, 1.807) is 12.4 Å². The van der Waals surface area contributed by atoms with Crippen LogP contribution in [0.4, 0.5) is 4.79 Å². The maximum absolute atomic E-state index is 12.2. The number of carbonyl (C=O) groups excluding carboxylic acids is 1. The Labute approximate surface area is 138 Å². The molecule has 0 radical (unpaired) electrons. The van der Waals surface area contributed by atoms with Crippen molar-refractivity contribution in [1.29, 1.82) is 0 Å². The van der Waals surface area contributed by atoms with Crippen molar-refractivity contribution in [3.63, 3.8) is 0 Å². The van der Waals surface area contributed by atoms with E-state index in [0.717, 1.165) is 38.0 Å². The minimum atomic E-state index is -0.448. The van der Waals surface area contributed by atoms with Gasteiger partial charge in [-0.2, -0.15) is 0 Å². The van der Waals surface area contributed by atoms with Crippen molar-refractivity contribution in [2.75, 3.05) is 19.7 Å². The highest BCUT2D eigenvalue weighted by Gasteiger charge is 2.27. The van der Waals surface area contributed by atoms with Crippen LogP contribution in [0.15, 0.2) is 12.4 Å². The second-order valence-corrected chi connectivity index (χ2v) is 7.02. The number of hydrogen-bond acceptors (Lipinski definition) is 5. The van der Waals surface area contributed by atoms with Gasteiger partial charge in [0.2, 0.25) is 5.88 Å². The predicted octanol–water partition coefficient (Wildman–Crippen LogP) is 3.20. The number of hydrogen-bond donors (Lipinski definition) is 0. The van der Waals surface area contributed by atoms with Gasteiger partial charge in [-0.15, -0.1) is 0 Å². The number of ether oxygens (including phenoxy) is 2. The van der Waals surface area contributed by atoms with E-state index in [1.165, 1.54) is 0 Å². The fourth-order valence-corrected chi connectivity index (χ4v) is 2.65. The van der Waals surface area contributed by atoms with Crippen LogP contribution in [0.2, 0.25) is 0 Å². The lowest BCUT2D eigenvalue weighted by molar-refractivity contribution is 0.0154. The van der Waals surface area contributed by atoms with E-state index in [2.05, 4.69) is 9.97 Å². The number of aromatic nitrogens is 2. The zero-order chi connectivity index (χ0) is 16.9. The van der Waals surface area contributed by atoms with Gasteiger partial charge in [0.1, 0.15) is 5.60 Å². The first kappa shape index (κ1) is 17.5. The van der Waals surface area contributed by atoms with Crippen LogP contribution in [0.25, 0.3) is 0 Å². The molecule has 23 heavy (non-hydrogen) atoms. The molecule has 1 atom stereocenters. The maximum Gasteiger partial charge on any atom is 0.410 e. The molecule has 0 N–H and O–H groups in total. The Kier molecular flexibility index (Phi) is 5.80. The van der Waals surface area contributed by atoms with E-state index >= 15 is 0 Å². The smallest absolute Gasteiger partial charge is 0.410 e. The number of likely N-dealkylation sites (tertiary alicyclic amines) is 1. The molecule has 128 valence electrons. The van der Waals surface area contributed by atoms with E-state index < -0.39 is 5.60 Å². The molecule has 0 bridgehead atoms. The van der Waals surface area contributed by atoms with Gasteiger partial charge in [0.05, 0.1) is 12.3 Å². The average molecular weight is 321 g/mol. The molecule has 1 amide bonds. The van der Waals surface area contributed by atoms with Gasteiger partial charge in [-0.3, -0.25) is 4.98 Å². The third kappa shape index (κ3) is 5.69. The summed E-state index contributed by atoms with van der Waals surface area (Å²) < 4.78 is 11.2. The topological polar surface area (TPSA) is 64.6 Å². The molecule has 1 aliphatic heterocycles. The molecule has 2 rings (SSSR count). The first-order valence-electron chi connectivity index (χ1n) is 8.23. The lowest BCUT2D eigenvalue weighted by Crippen LogP contribution is -2.43. The third-order valence-corrected chi connectivity index (χ3v) is 3.77. The maximum atomic E-state index is 12.2. The Morgan fingerprint density at radius 2 is 2.09 bits per heavy atom. The summed E-state index contributed by atoms with van der Waals surface area (Å²) in [5.41, 5.74) is 0.350. The standard InChI is InChI=1S/C17H27N3O3/c1-13-15(19-9-8-18-13)22-11-7-14-6-5-10-20(12-14)16(21)23-17(2,3)4/h8-9,14H,5-7,10-12H2,1-4H3/t14-/m1/s1. The SMILES string of the molecule is Cc1nccnc1OCC[C@H]1CCCN(C(=O)OC(C)(C)C)C1. The third-order valence-electron chi connectivity index (χ3n) is 3.77. The minimum Gasteiger partial charge on any atom is -0.476 e. The highest BCUT2D eigenvalue weighted by molar-refractivity contribution is 5.68. The highest BCUT2D eigenvalue weighted by atomic mass is 16.6. The van der Waals surface area contributed by atoms with E-state index in [0.29, 0.717) is 18.4 Å². The van der Waals surface area contributed by atoms with E-state index in [9.17, 15) is 4.79 Å². The number of nitrogens with zero attached hydrogens (tertiary/aromatic N) is 3. The van der Waals surface area contributed by atoms with Crippen LogP contribution in [-0.2, 0) is 4.74 Å². The summed E-state index contributed by atoms with van der Waals surface area (Å²) in [5.74, 6) is 1.03. The summed E-state index contributed by atoms with van der Waals surface area (Å²) in [4.78, 5) is 22.3. The molecule has 1 fully saturated rings. The van der Waals surface area contributed by atoms with Gasteiger partial charge < -0.3 is 14.4 Å². The molecule has 6 heteroatoms. The first-order valence-corrected chi connectivity index (χ1v) is 8.23. The van der Waals surface area contributed by atoms with Crippen molar-refractivity contribution in [2.45, 2.75) is 52.6 Å². The van der Waals surface area contributed by atoms with E-state index in [-0.39, 0.29) is 6.09 Å². The molecule has 6 nitrogen and oxygen atoms in total. The van der Waals surface area contributed by atoms with E-state index in [4.69, 9.17) is 9.47 Å². The lowest BCUT2D eigenvalue weighted by Gasteiger charge is -2.34. The second-order valence-electron chi connectivity index (χ2n) is 7.02. The van der Waals surface area contributed by atoms with Gasteiger partial charge in [-0.1, -0.05) is 0 Å². The van der Waals surface area contributed by atoms with Crippen LogP contribution in [-0.4, -0.2) is 46.3 Å². The van der Waals surface area contributed by atoms with Crippen LogP contribution >= 0.6 is 0 Å². The quantitative estimate of drug-likeness (QED) is 0.852. The molecule has 1 aromatic rings.